The lowest BCUT2D eigenvalue weighted by Gasteiger charge is -2.08. The molecule has 1 aromatic heterocycles. The van der Waals surface area contributed by atoms with E-state index >= 15 is 0 Å². The van der Waals surface area contributed by atoms with E-state index in [1.165, 1.54) is 0 Å². The Bertz CT molecular complexity index is 715. The third-order valence-electron chi connectivity index (χ3n) is 3.10. The van der Waals surface area contributed by atoms with Gasteiger partial charge < -0.3 is 5.02 Å². The Hall–Kier alpha value is -2.60. The summed E-state index contributed by atoms with van der Waals surface area (Å²) in [7, 11) is -1.51. The molecule has 24 heavy (non-hydrogen) atoms. The van der Waals surface area contributed by atoms with Crippen LogP contribution >= 0.6 is 0 Å². The summed E-state index contributed by atoms with van der Waals surface area (Å²) in [5.41, 5.74) is 2.50. The van der Waals surface area contributed by atoms with Crippen molar-refractivity contribution in [3.05, 3.63) is 65.4 Å². The van der Waals surface area contributed by atoms with E-state index in [2.05, 4.69) is 15.1 Å². The number of hydrogen-bond acceptors (Lipinski definition) is 5. The number of hydrogen-bond donors (Lipinski definition) is 1. The normalized spacial score (nSPS) is 11.0. The minimum Gasteiger partial charge on any atom is -0.424 e. The van der Waals surface area contributed by atoms with Crippen LogP contribution in [0.2, 0.25) is 0 Å². The van der Waals surface area contributed by atoms with Crippen molar-refractivity contribution in [1.29, 1.82) is 0 Å². The van der Waals surface area contributed by atoms with Crippen LogP contribution in [0.4, 0.5) is 0 Å². The molecule has 0 saturated heterocycles. The lowest BCUT2D eigenvalue weighted by Crippen LogP contribution is -2.32. The van der Waals surface area contributed by atoms with Gasteiger partial charge in [-0.1, -0.05) is 67.5 Å². The van der Waals surface area contributed by atoms with Crippen molar-refractivity contribution in [2.24, 2.45) is 5.09 Å². The van der Waals surface area contributed by atoms with Crippen LogP contribution in [0.5, 0.6) is 0 Å². The molecule has 6 heteroatoms. The highest BCUT2D eigenvalue weighted by atomic mass is 16.3. The van der Waals surface area contributed by atoms with E-state index in [0.717, 1.165) is 11.1 Å². The van der Waals surface area contributed by atoms with Gasteiger partial charge in [0.05, 0.1) is 11.3 Å². The number of aromatic nitrogens is 2. The molecule has 2 rings (SSSR count). The summed E-state index contributed by atoms with van der Waals surface area (Å²) in [6.45, 7) is 7.77. The van der Waals surface area contributed by atoms with Crippen molar-refractivity contribution in [2.75, 3.05) is 0 Å². The van der Waals surface area contributed by atoms with Gasteiger partial charge in [0.1, 0.15) is 0 Å². The topological polar surface area (TPSA) is 75.4 Å². The van der Waals surface area contributed by atoms with Gasteiger partial charge >= 0.3 is 7.05 Å². The molecule has 0 amide bonds. The standard InChI is InChI=1S/C16H16BN3O2.C2H6/c1-3-8-12(4-2)16-18-14(13-9-6-5-7-10-13)11-15(19-16)17(21)20-22;1-2/h3-11,21H,1-2H3;1-2H3/b8-3-,12-4+;. The second-order valence-corrected chi connectivity index (χ2v) is 4.59. The zero-order valence-electron chi connectivity index (χ0n) is 14.5. The Morgan fingerprint density at radius 3 is 2.38 bits per heavy atom. The molecule has 0 radical (unpaired) electrons. The number of allylic oxidation sites excluding steroid dienone is 4. The Labute approximate surface area is 143 Å². The average Bonchev–Trinajstić information content (AvgIpc) is 2.67. The molecular formula is C18H22BN3O2. The fourth-order valence-corrected chi connectivity index (χ4v) is 2.02. The molecule has 0 fully saturated rings. The van der Waals surface area contributed by atoms with E-state index in [0.29, 0.717) is 11.5 Å². The number of nitroso groups, excluding NO2 is 1. The van der Waals surface area contributed by atoms with Crippen molar-refractivity contribution in [3.63, 3.8) is 0 Å². The first-order chi connectivity index (χ1) is 11.7. The summed E-state index contributed by atoms with van der Waals surface area (Å²) < 4.78 is 0. The molecule has 0 spiro atoms. The van der Waals surface area contributed by atoms with Crippen LogP contribution in [0.3, 0.4) is 0 Å². The molecule has 0 atom stereocenters. The molecule has 1 heterocycles. The summed E-state index contributed by atoms with van der Waals surface area (Å²) in [5.74, 6) is 0.444. The van der Waals surface area contributed by atoms with Gasteiger partial charge in [-0.3, -0.25) is 0 Å². The number of nitrogens with zero attached hydrogens (tertiary/aromatic N) is 3. The second kappa shape index (κ2) is 10.2. The molecule has 5 nitrogen and oxygen atoms in total. The Morgan fingerprint density at radius 2 is 1.83 bits per heavy atom. The van der Waals surface area contributed by atoms with Crippen LogP contribution in [0, 0.1) is 4.91 Å². The van der Waals surface area contributed by atoms with Gasteiger partial charge in [-0.05, 0) is 19.9 Å². The van der Waals surface area contributed by atoms with Crippen molar-refractivity contribution in [2.45, 2.75) is 27.7 Å². The molecule has 2 aromatic rings. The van der Waals surface area contributed by atoms with Crippen LogP contribution in [0.15, 0.2) is 59.7 Å². The van der Waals surface area contributed by atoms with Gasteiger partial charge in [-0.2, -0.15) is 4.91 Å². The van der Waals surface area contributed by atoms with Crippen LogP contribution in [-0.2, 0) is 0 Å². The Kier molecular flexibility index (Phi) is 8.29. The number of rotatable bonds is 5. The Balaban J connectivity index is 0.00000139. The first-order valence-electron chi connectivity index (χ1n) is 7.94. The fraction of sp³-hybridized carbons (Fsp3) is 0.222. The predicted octanol–water partition coefficient (Wildman–Crippen LogP) is 3.60. The van der Waals surface area contributed by atoms with Gasteiger partial charge in [0, 0.05) is 11.1 Å². The molecule has 0 aliphatic carbocycles. The molecule has 1 aromatic carbocycles. The van der Waals surface area contributed by atoms with Crippen molar-refractivity contribution in [1.82, 2.24) is 9.97 Å². The molecule has 0 aliphatic heterocycles. The van der Waals surface area contributed by atoms with Gasteiger partial charge in [-0.25, -0.2) is 9.97 Å². The van der Waals surface area contributed by atoms with E-state index in [-0.39, 0.29) is 5.59 Å². The van der Waals surface area contributed by atoms with Gasteiger partial charge in [0.25, 0.3) is 0 Å². The lowest BCUT2D eigenvalue weighted by molar-refractivity contribution is 0.585. The molecule has 0 aliphatic rings. The fourth-order valence-electron chi connectivity index (χ4n) is 2.02. The maximum Gasteiger partial charge on any atom is 0.536 e. The minimum absolute atomic E-state index is 0.183. The summed E-state index contributed by atoms with van der Waals surface area (Å²) >= 11 is 0. The molecule has 0 saturated carbocycles. The van der Waals surface area contributed by atoms with Crippen molar-refractivity contribution in [3.8, 4) is 11.3 Å². The monoisotopic (exact) mass is 323 g/mol. The van der Waals surface area contributed by atoms with Crippen LogP contribution in [0.25, 0.3) is 16.8 Å². The van der Waals surface area contributed by atoms with E-state index in [4.69, 9.17) is 0 Å². The predicted molar refractivity (Wildman–Crippen MR) is 101 cm³/mol. The SMILES string of the molecule is C/C=C\C(=C/C)c1nc(B(O)N=O)cc(-c2ccccc2)n1.CC. The number of benzene rings is 1. The first kappa shape index (κ1) is 19.5. The zero-order valence-corrected chi connectivity index (χ0v) is 14.5. The van der Waals surface area contributed by atoms with Crippen molar-refractivity contribution < 1.29 is 5.02 Å². The summed E-state index contributed by atoms with van der Waals surface area (Å²) in [6.07, 6.45) is 5.62. The third kappa shape index (κ3) is 4.96. The van der Waals surface area contributed by atoms with Gasteiger partial charge in [-0.15, -0.1) is 0 Å². The minimum atomic E-state index is -1.51. The summed E-state index contributed by atoms with van der Waals surface area (Å²) in [5, 5.41) is 12.3. The highest BCUT2D eigenvalue weighted by Gasteiger charge is 2.21. The third-order valence-corrected chi connectivity index (χ3v) is 3.10. The van der Waals surface area contributed by atoms with Gasteiger partial charge in [0.2, 0.25) is 0 Å². The summed E-state index contributed by atoms with van der Waals surface area (Å²) in [4.78, 5) is 19.4. The zero-order chi connectivity index (χ0) is 17.9. The average molecular weight is 323 g/mol. The van der Waals surface area contributed by atoms with E-state index in [9.17, 15) is 9.93 Å². The maximum atomic E-state index is 10.6. The smallest absolute Gasteiger partial charge is 0.424 e. The van der Waals surface area contributed by atoms with E-state index < -0.39 is 7.05 Å². The van der Waals surface area contributed by atoms with Crippen molar-refractivity contribution >= 4 is 18.2 Å². The van der Waals surface area contributed by atoms with E-state index in [1.54, 1.807) is 6.07 Å². The molecular weight excluding hydrogens is 301 g/mol. The van der Waals surface area contributed by atoms with Crippen LogP contribution in [0.1, 0.15) is 33.5 Å². The van der Waals surface area contributed by atoms with Crippen LogP contribution < -0.4 is 5.59 Å². The lowest BCUT2D eigenvalue weighted by atomic mass is 9.80. The van der Waals surface area contributed by atoms with E-state index in [1.807, 2.05) is 76.3 Å². The van der Waals surface area contributed by atoms with Crippen LogP contribution in [-0.4, -0.2) is 22.0 Å². The largest absolute Gasteiger partial charge is 0.536 e. The first-order valence-corrected chi connectivity index (χ1v) is 7.94. The highest BCUT2D eigenvalue weighted by Crippen LogP contribution is 2.18. The molecule has 0 bridgehead atoms. The molecule has 1 N–H and O–H groups in total. The quantitative estimate of drug-likeness (QED) is 0.518. The molecule has 0 unspecified atom stereocenters. The second-order valence-electron chi connectivity index (χ2n) is 4.59. The maximum absolute atomic E-state index is 10.6. The van der Waals surface area contributed by atoms with Gasteiger partial charge in [0.15, 0.2) is 5.82 Å². The molecule has 124 valence electrons. The summed E-state index contributed by atoms with van der Waals surface area (Å²) in [6, 6.07) is 11.1. The Morgan fingerprint density at radius 1 is 1.17 bits per heavy atom. The highest BCUT2D eigenvalue weighted by molar-refractivity contribution is 6.63.